The normalized spacial score (nSPS) is 21.3. The molecular formula is C14H21ClN2S2. The van der Waals surface area contributed by atoms with Gasteiger partial charge in [0, 0.05) is 40.9 Å². The van der Waals surface area contributed by atoms with E-state index in [-0.39, 0.29) is 0 Å². The molecule has 1 aliphatic rings. The summed E-state index contributed by atoms with van der Waals surface area (Å²) in [5.74, 6) is 3.80. The first-order valence-electron chi connectivity index (χ1n) is 6.82. The number of nitrogens with one attached hydrogen (secondary N) is 1. The van der Waals surface area contributed by atoms with Crippen LogP contribution in [0.4, 0.5) is 0 Å². The van der Waals surface area contributed by atoms with Crippen molar-refractivity contribution >= 4 is 35.1 Å². The number of hydrogen-bond donors (Lipinski definition) is 1. The van der Waals surface area contributed by atoms with Crippen molar-refractivity contribution in [1.82, 2.24) is 10.3 Å². The first-order chi connectivity index (χ1) is 9.31. The monoisotopic (exact) mass is 316 g/mol. The van der Waals surface area contributed by atoms with Crippen LogP contribution in [-0.2, 0) is 6.42 Å². The van der Waals surface area contributed by atoms with Crippen LogP contribution in [-0.4, -0.2) is 40.1 Å². The van der Waals surface area contributed by atoms with Gasteiger partial charge in [0.05, 0.1) is 5.02 Å². The van der Waals surface area contributed by atoms with Crippen molar-refractivity contribution in [3.05, 3.63) is 29.0 Å². The van der Waals surface area contributed by atoms with Gasteiger partial charge in [-0.1, -0.05) is 18.5 Å². The minimum atomic E-state index is 0.512. The quantitative estimate of drug-likeness (QED) is 0.868. The van der Waals surface area contributed by atoms with E-state index in [4.69, 9.17) is 11.6 Å². The Hall–Kier alpha value is 0.1000. The van der Waals surface area contributed by atoms with E-state index in [0.717, 1.165) is 18.0 Å². The third-order valence-corrected chi connectivity index (χ3v) is 6.50. The number of hydrogen-bond acceptors (Lipinski definition) is 4. The van der Waals surface area contributed by atoms with Gasteiger partial charge in [-0.3, -0.25) is 4.98 Å². The van der Waals surface area contributed by atoms with E-state index in [1.54, 1.807) is 6.20 Å². The molecule has 5 heteroatoms. The van der Waals surface area contributed by atoms with Gasteiger partial charge in [0.1, 0.15) is 0 Å². The lowest BCUT2D eigenvalue weighted by molar-refractivity contribution is 0.505. The van der Waals surface area contributed by atoms with Crippen LogP contribution in [0.5, 0.6) is 0 Å². The van der Waals surface area contributed by atoms with Crippen molar-refractivity contribution < 1.29 is 0 Å². The molecular weight excluding hydrogens is 296 g/mol. The smallest absolute Gasteiger partial charge is 0.0621 e. The Morgan fingerprint density at radius 2 is 2.42 bits per heavy atom. The van der Waals surface area contributed by atoms with Crippen LogP contribution < -0.4 is 5.32 Å². The summed E-state index contributed by atoms with van der Waals surface area (Å²) in [7, 11) is 0. The van der Waals surface area contributed by atoms with E-state index in [1.807, 2.05) is 12.3 Å². The van der Waals surface area contributed by atoms with Gasteiger partial charge in [-0.05, 0) is 31.0 Å². The van der Waals surface area contributed by atoms with E-state index in [9.17, 15) is 0 Å². The summed E-state index contributed by atoms with van der Waals surface area (Å²) >= 11 is 10.4. The molecule has 0 aliphatic carbocycles. The van der Waals surface area contributed by atoms with Crippen molar-refractivity contribution in [2.24, 2.45) is 0 Å². The molecule has 19 heavy (non-hydrogen) atoms. The van der Waals surface area contributed by atoms with Crippen LogP contribution in [0.15, 0.2) is 18.5 Å². The third-order valence-electron chi connectivity index (χ3n) is 3.24. The van der Waals surface area contributed by atoms with Crippen LogP contribution in [0, 0.1) is 0 Å². The molecule has 2 rings (SSSR count). The minimum absolute atomic E-state index is 0.512. The second-order valence-corrected chi connectivity index (χ2v) is 7.62. The van der Waals surface area contributed by atoms with Crippen LogP contribution in [0.1, 0.15) is 18.9 Å². The van der Waals surface area contributed by atoms with Crippen molar-refractivity contribution in [1.29, 1.82) is 0 Å². The van der Waals surface area contributed by atoms with Crippen molar-refractivity contribution in [3.63, 3.8) is 0 Å². The highest BCUT2D eigenvalue weighted by Gasteiger charge is 2.24. The molecule has 0 saturated carbocycles. The Bertz CT molecular complexity index is 383. The lowest BCUT2D eigenvalue weighted by atomic mass is 10.0. The molecule has 0 aromatic carbocycles. The topological polar surface area (TPSA) is 24.9 Å². The maximum atomic E-state index is 6.24. The van der Waals surface area contributed by atoms with Gasteiger partial charge in [0.15, 0.2) is 0 Å². The predicted octanol–water partition coefficient (Wildman–Crippen LogP) is 3.49. The summed E-state index contributed by atoms with van der Waals surface area (Å²) < 4.78 is 0. The minimum Gasteiger partial charge on any atom is -0.313 e. The van der Waals surface area contributed by atoms with E-state index in [2.05, 4.69) is 40.7 Å². The molecule has 0 amide bonds. The largest absolute Gasteiger partial charge is 0.313 e. The summed E-state index contributed by atoms with van der Waals surface area (Å²) in [5.41, 5.74) is 1.21. The lowest BCUT2D eigenvalue weighted by Gasteiger charge is -2.30. The summed E-state index contributed by atoms with van der Waals surface area (Å²) in [4.78, 5) is 4.07. The van der Waals surface area contributed by atoms with Crippen molar-refractivity contribution in [2.45, 2.75) is 31.1 Å². The van der Waals surface area contributed by atoms with E-state index < -0.39 is 0 Å². The van der Waals surface area contributed by atoms with Gasteiger partial charge in [-0.25, -0.2) is 0 Å². The Morgan fingerprint density at radius 1 is 1.53 bits per heavy atom. The predicted molar refractivity (Wildman–Crippen MR) is 88.6 cm³/mol. The fraction of sp³-hybridized carbons (Fsp3) is 0.643. The second kappa shape index (κ2) is 8.40. The standard InChI is InChI=1S/C14H21ClN2S2/c1-2-4-17-13(14-10-18-6-7-19-14)8-11-3-5-16-9-12(11)15/h3,5,9,13-14,17H,2,4,6-8,10H2,1H3. The first-order valence-corrected chi connectivity index (χ1v) is 9.40. The zero-order valence-corrected chi connectivity index (χ0v) is 13.7. The van der Waals surface area contributed by atoms with Gasteiger partial charge < -0.3 is 5.32 Å². The summed E-state index contributed by atoms with van der Waals surface area (Å²) in [6.45, 7) is 3.29. The Balaban J connectivity index is 2.02. The SMILES string of the molecule is CCCNC(Cc1ccncc1Cl)C1CSCCS1. The van der Waals surface area contributed by atoms with Gasteiger partial charge in [0.25, 0.3) is 0 Å². The summed E-state index contributed by atoms with van der Waals surface area (Å²) in [6, 6.07) is 2.56. The van der Waals surface area contributed by atoms with Crippen LogP contribution in [0.2, 0.25) is 5.02 Å². The molecule has 2 heterocycles. The molecule has 106 valence electrons. The molecule has 2 nitrogen and oxygen atoms in total. The van der Waals surface area contributed by atoms with E-state index in [0.29, 0.717) is 11.3 Å². The highest BCUT2D eigenvalue weighted by atomic mass is 35.5. The van der Waals surface area contributed by atoms with Gasteiger partial charge >= 0.3 is 0 Å². The average Bonchev–Trinajstić information content (AvgIpc) is 2.46. The molecule has 2 unspecified atom stereocenters. The molecule has 1 aromatic rings. The molecule has 1 N–H and O–H groups in total. The highest BCUT2D eigenvalue weighted by Crippen LogP contribution is 2.28. The molecule has 1 aromatic heterocycles. The van der Waals surface area contributed by atoms with Crippen molar-refractivity contribution in [2.75, 3.05) is 23.8 Å². The highest BCUT2D eigenvalue weighted by molar-refractivity contribution is 8.06. The average molecular weight is 317 g/mol. The van der Waals surface area contributed by atoms with Crippen LogP contribution in [0.3, 0.4) is 0 Å². The zero-order valence-electron chi connectivity index (χ0n) is 11.3. The Kier molecular flexibility index (Phi) is 6.85. The molecule has 0 spiro atoms. The van der Waals surface area contributed by atoms with Gasteiger partial charge in [-0.2, -0.15) is 23.5 Å². The molecule has 1 aliphatic heterocycles. The molecule has 2 atom stereocenters. The molecule has 1 saturated heterocycles. The summed E-state index contributed by atoms with van der Waals surface area (Å²) in [5, 5.41) is 5.18. The molecule has 0 bridgehead atoms. The fourth-order valence-corrected chi connectivity index (χ4v) is 5.29. The molecule has 0 radical (unpaired) electrons. The van der Waals surface area contributed by atoms with Crippen LogP contribution >= 0.6 is 35.1 Å². The maximum Gasteiger partial charge on any atom is 0.0621 e. The second-order valence-electron chi connectivity index (χ2n) is 4.72. The third kappa shape index (κ3) is 4.85. The summed E-state index contributed by atoms with van der Waals surface area (Å²) in [6.07, 6.45) is 5.75. The first kappa shape index (κ1) is 15.5. The lowest BCUT2D eigenvalue weighted by Crippen LogP contribution is -2.43. The number of thioether (sulfide) groups is 2. The zero-order chi connectivity index (χ0) is 13.5. The van der Waals surface area contributed by atoms with Gasteiger partial charge in [-0.15, -0.1) is 0 Å². The number of pyridine rings is 1. The van der Waals surface area contributed by atoms with E-state index in [1.165, 1.54) is 29.2 Å². The van der Waals surface area contributed by atoms with Gasteiger partial charge in [0.2, 0.25) is 0 Å². The maximum absolute atomic E-state index is 6.24. The Morgan fingerprint density at radius 3 is 3.11 bits per heavy atom. The van der Waals surface area contributed by atoms with E-state index >= 15 is 0 Å². The number of halogens is 1. The Labute approximate surface area is 129 Å². The number of rotatable bonds is 6. The number of nitrogens with zero attached hydrogens (tertiary/aromatic N) is 1. The van der Waals surface area contributed by atoms with Crippen LogP contribution in [0.25, 0.3) is 0 Å². The molecule has 1 fully saturated rings. The fourth-order valence-electron chi connectivity index (χ4n) is 2.21. The number of aromatic nitrogens is 1. The van der Waals surface area contributed by atoms with Crippen molar-refractivity contribution in [3.8, 4) is 0 Å².